The van der Waals surface area contributed by atoms with Crippen LogP contribution >= 0.6 is 0 Å². The highest BCUT2D eigenvalue weighted by Crippen LogP contribution is 2.45. The fourth-order valence-corrected chi connectivity index (χ4v) is 3.75. The molecule has 1 amide bonds. The van der Waals surface area contributed by atoms with E-state index in [0.717, 1.165) is 5.56 Å². The highest BCUT2D eigenvalue weighted by atomic mass is 19.4. The number of nitrogens with zero attached hydrogens (tertiary/aromatic N) is 3. The molecule has 3 N–H and O–H groups in total. The Kier molecular flexibility index (Phi) is 4.83. The molecule has 30 heavy (non-hydrogen) atoms. The van der Waals surface area contributed by atoms with Gasteiger partial charge in [-0.15, -0.1) is 0 Å². The Hall–Kier alpha value is -3.24. The molecule has 1 unspecified atom stereocenters. The fraction of sp³-hybridized carbons (Fsp3) is 0.421. The molecule has 1 aromatic carbocycles. The van der Waals surface area contributed by atoms with E-state index in [1.165, 1.54) is 7.11 Å². The third-order valence-electron chi connectivity index (χ3n) is 5.16. The number of hydrogen-bond donors (Lipinski definition) is 3. The number of halogens is 3. The summed E-state index contributed by atoms with van der Waals surface area (Å²) in [6.45, 7) is 2.36. The molecular formula is C19H21F3N6O2. The molecule has 1 atom stereocenters. The van der Waals surface area contributed by atoms with Crippen molar-refractivity contribution in [3.63, 3.8) is 0 Å². The van der Waals surface area contributed by atoms with Gasteiger partial charge in [0.2, 0.25) is 5.95 Å². The van der Waals surface area contributed by atoms with Gasteiger partial charge in [-0.3, -0.25) is 4.79 Å². The average molecular weight is 422 g/mol. The van der Waals surface area contributed by atoms with Crippen LogP contribution in [0, 0.1) is 0 Å². The minimum atomic E-state index is -4.40. The lowest BCUT2D eigenvalue weighted by Crippen LogP contribution is -2.23. The largest absolute Gasteiger partial charge is 0.495 e. The van der Waals surface area contributed by atoms with Gasteiger partial charge in [0, 0.05) is 32.2 Å². The second-order valence-electron chi connectivity index (χ2n) is 7.16. The van der Waals surface area contributed by atoms with E-state index in [-0.39, 0.29) is 35.6 Å². The van der Waals surface area contributed by atoms with Gasteiger partial charge in [0.05, 0.1) is 18.4 Å². The van der Waals surface area contributed by atoms with Crippen LogP contribution in [0.3, 0.4) is 0 Å². The molecule has 3 heterocycles. The quantitative estimate of drug-likeness (QED) is 0.681. The number of carbonyl (C=O) groups excluding carboxylic acids is 1. The molecule has 2 aliphatic rings. The maximum absolute atomic E-state index is 13.4. The van der Waals surface area contributed by atoms with Gasteiger partial charge in [0.25, 0.3) is 5.91 Å². The SMILES string of the molecule is CCNc1nc(Nc2cc3c(cc2OC)C(=O)N(C)C3)nc2c1C(C(F)(F)F)CN2. The van der Waals surface area contributed by atoms with Crippen LogP contribution < -0.4 is 20.7 Å². The van der Waals surface area contributed by atoms with Crippen molar-refractivity contribution in [3.8, 4) is 5.75 Å². The first-order chi connectivity index (χ1) is 14.2. The summed E-state index contributed by atoms with van der Waals surface area (Å²) in [7, 11) is 3.18. The molecule has 0 saturated heterocycles. The van der Waals surface area contributed by atoms with Crippen LogP contribution in [0.5, 0.6) is 5.75 Å². The molecular weight excluding hydrogens is 401 g/mol. The second-order valence-corrected chi connectivity index (χ2v) is 7.16. The van der Waals surface area contributed by atoms with Crippen LogP contribution in [-0.2, 0) is 6.54 Å². The predicted octanol–water partition coefficient (Wildman–Crippen LogP) is 3.32. The molecule has 160 valence electrons. The third kappa shape index (κ3) is 3.33. The summed E-state index contributed by atoms with van der Waals surface area (Å²) in [4.78, 5) is 22.3. The van der Waals surface area contributed by atoms with Gasteiger partial charge in [0.15, 0.2) is 0 Å². The van der Waals surface area contributed by atoms with Gasteiger partial charge in [-0.05, 0) is 24.6 Å². The number of anilines is 4. The van der Waals surface area contributed by atoms with Crippen molar-refractivity contribution in [1.29, 1.82) is 0 Å². The van der Waals surface area contributed by atoms with Gasteiger partial charge in [-0.2, -0.15) is 23.1 Å². The molecule has 0 spiro atoms. The zero-order valence-electron chi connectivity index (χ0n) is 16.6. The van der Waals surface area contributed by atoms with Gasteiger partial charge in [0.1, 0.15) is 23.3 Å². The summed E-state index contributed by atoms with van der Waals surface area (Å²) in [5.41, 5.74) is 1.90. The number of carbonyl (C=O) groups is 1. The monoisotopic (exact) mass is 422 g/mol. The summed E-state index contributed by atoms with van der Waals surface area (Å²) < 4.78 is 45.6. The Balaban J connectivity index is 1.72. The van der Waals surface area contributed by atoms with E-state index in [9.17, 15) is 18.0 Å². The van der Waals surface area contributed by atoms with E-state index in [2.05, 4.69) is 25.9 Å². The number of amides is 1. The lowest BCUT2D eigenvalue weighted by molar-refractivity contribution is -0.145. The molecule has 0 saturated carbocycles. The first-order valence-electron chi connectivity index (χ1n) is 9.42. The van der Waals surface area contributed by atoms with Gasteiger partial charge < -0.3 is 25.6 Å². The minimum absolute atomic E-state index is 0.0167. The van der Waals surface area contributed by atoms with Gasteiger partial charge >= 0.3 is 6.18 Å². The number of aromatic nitrogens is 2. The van der Waals surface area contributed by atoms with Crippen LogP contribution in [0.15, 0.2) is 12.1 Å². The van der Waals surface area contributed by atoms with E-state index in [0.29, 0.717) is 30.1 Å². The third-order valence-corrected chi connectivity index (χ3v) is 5.16. The molecule has 0 fully saturated rings. The number of hydrogen-bond acceptors (Lipinski definition) is 7. The lowest BCUT2D eigenvalue weighted by Gasteiger charge is -2.18. The molecule has 4 rings (SSSR count). The van der Waals surface area contributed by atoms with Crippen molar-refractivity contribution in [2.45, 2.75) is 25.6 Å². The summed E-state index contributed by atoms with van der Waals surface area (Å²) in [5.74, 6) is -0.969. The van der Waals surface area contributed by atoms with Crippen LogP contribution in [0.25, 0.3) is 0 Å². The second kappa shape index (κ2) is 7.22. The number of nitrogens with one attached hydrogen (secondary N) is 3. The van der Waals surface area contributed by atoms with Crippen molar-refractivity contribution in [2.75, 3.05) is 43.2 Å². The number of methoxy groups -OCH3 is 1. The van der Waals surface area contributed by atoms with Crippen molar-refractivity contribution >= 4 is 29.2 Å². The van der Waals surface area contributed by atoms with E-state index >= 15 is 0 Å². The maximum atomic E-state index is 13.4. The molecule has 0 bridgehead atoms. The summed E-state index contributed by atoms with van der Waals surface area (Å²) in [5, 5.41) is 8.66. The number of alkyl halides is 3. The van der Waals surface area contributed by atoms with Crippen LogP contribution in [0.2, 0.25) is 0 Å². The minimum Gasteiger partial charge on any atom is -0.495 e. The molecule has 8 nitrogen and oxygen atoms in total. The zero-order valence-corrected chi connectivity index (χ0v) is 16.6. The molecule has 0 aliphatic carbocycles. The predicted molar refractivity (Wildman–Crippen MR) is 106 cm³/mol. The number of fused-ring (bicyclic) bond motifs is 2. The molecule has 1 aromatic heterocycles. The van der Waals surface area contributed by atoms with Crippen molar-refractivity contribution in [3.05, 3.63) is 28.8 Å². The highest BCUT2D eigenvalue weighted by molar-refractivity contribution is 5.99. The van der Waals surface area contributed by atoms with Crippen LogP contribution in [0.4, 0.5) is 36.4 Å². The summed E-state index contributed by atoms with van der Waals surface area (Å²) >= 11 is 0. The standard InChI is InChI=1S/C19H21F3N6O2/c1-4-23-15-14-11(19(20,21)22)7-24-16(14)27-18(26-15)25-12-5-9-8-28(2)17(29)10(9)6-13(12)30-3/h5-6,11H,4,7-8H2,1-3H3,(H3,23,24,25,26,27). The Labute approximate surface area is 170 Å². The highest BCUT2D eigenvalue weighted by Gasteiger charge is 2.47. The number of rotatable bonds is 5. The first-order valence-corrected chi connectivity index (χ1v) is 9.42. The normalized spacial score (nSPS) is 17.5. The van der Waals surface area contributed by atoms with Crippen molar-refractivity contribution in [2.24, 2.45) is 0 Å². The molecule has 2 aromatic rings. The topological polar surface area (TPSA) is 91.4 Å². The molecule has 0 radical (unpaired) electrons. The van der Waals surface area contributed by atoms with Gasteiger partial charge in [-0.25, -0.2) is 0 Å². The van der Waals surface area contributed by atoms with Gasteiger partial charge in [-0.1, -0.05) is 0 Å². The number of ether oxygens (including phenoxy) is 1. The Morgan fingerprint density at radius 3 is 2.77 bits per heavy atom. The van der Waals surface area contributed by atoms with Crippen LogP contribution in [0.1, 0.15) is 34.3 Å². The van der Waals surface area contributed by atoms with Crippen LogP contribution in [-0.4, -0.2) is 54.2 Å². The average Bonchev–Trinajstić information content (AvgIpc) is 3.23. The Bertz CT molecular complexity index is 1010. The Morgan fingerprint density at radius 1 is 1.33 bits per heavy atom. The van der Waals surface area contributed by atoms with E-state index in [1.54, 1.807) is 31.0 Å². The van der Waals surface area contributed by atoms with E-state index in [1.807, 2.05) is 0 Å². The molecule has 2 aliphatic heterocycles. The molecule has 11 heteroatoms. The summed E-state index contributed by atoms with van der Waals surface area (Å²) in [6, 6.07) is 3.41. The summed E-state index contributed by atoms with van der Waals surface area (Å²) in [6.07, 6.45) is -4.40. The van der Waals surface area contributed by atoms with Crippen molar-refractivity contribution < 1.29 is 22.7 Å². The smallest absolute Gasteiger partial charge is 0.397 e. The Morgan fingerprint density at radius 2 is 2.10 bits per heavy atom. The fourth-order valence-electron chi connectivity index (χ4n) is 3.75. The number of benzene rings is 1. The zero-order chi connectivity index (χ0) is 21.6. The first kappa shape index (κ1) is 20.0. The van der Waals surface area contributed by atoms with Crippen molar-refractivity contribution in [1.82, 2.24) is 14.9 Å². The van der Waals surface area contributed by atoms with E-state index < -0.39 is 12.1 Å². The lowest BCUT2D eigenvalue weighted by atomic mass is 10.0. The maximum Gasteiger partial charge on any atom is 0.397 e. The van der Waals surface area contributed by atoms with E-state index in [4.69, 9.17) is 4.74 Å².